The lowest BCUT2D eigenvalue weighted by Crippen LogP contribution is -2.16. The molecule has 0 aromatic heterocycles. The molecule has 0 aliphatic heterocycles. The fourth-order valence-corrected chi connectivity index (χ4v) is 2.01. The molecule has 0 aliphatic rings. The van der Waals surface area contributed by atoms with Gasteiger partial charge in [-0.2, -0.15) is 0 Å². The van der Waals surface area contributed by atoms with Crippen LogP contribution in [0.15, 0.2) is 12.2 Å². The van der Waals surface area contributed by atoms with E-state index in [-0.39, 0.29) is 11.3 Å². The number of hydrogen-bond acceptors (Lipinski definition) is 3. The highest BCUT2D eigenvalue weighted by atomic mass is 16.6. The number of nitrogens with zero attached hydrogens (tertiary/aromatic N) is 1. The zero-order chi connectivity index (χ0) is 15.2. The first kappa shape index (κ1) is 18.6. The molecule has 5 heteroatoms. The van der Waals surface area contributed by atoms with Gasteiger partial charge in [0.1, 0.15) is 0 Å². The molecule has 1 N–H and O–H groups in total. The summed E-state index contributed by atoms with van der Waals surface area (Å²) in [6.07, 6.45) is 12.1. The highest BCUT2D eigenvalue weighted by Gasteiger charge is 2.14. The molecule has 0 rings (SSSR count). The summed E-state index contributed by atoms with van der Waals surface area (Å²) < 4.78 is 0. The minimum absolute atomic E-state index is 0.210. The Balaban J connectivity index is 3.58. The molecule has 0 bridgehead atoms. The summed E-state index contributed by atoms with van der Waals surface area (Å²) in [6.45, 7) is 2.03. The van der Waals surface area contributed by atoms with Crippen molar-refractivity contribution in [3.05, 3.63) is 22.3 Å². The number of rotatable bonds is 13. The average Bonchev–Trinajstić information content (AvgIpc) is 2.39. The summed E-state index contributed by atoms with van der Waals surface area (Å²) in [5.41, 5.74) is 0. The van der Waals surface area contributed by atoms with Crippen molar-refractivity contribution in [2.45, 2.75) is 77.2 Å². The van der Waals surface area contributed by atoms with Crippen LogP contribution in [0.5, 0.6) is 0 Å². The number of carboxylic acids is 1. The SMILES string of the molecule is CCCCC(C=CCCCCCCCC(=O)O)[N+](=O)[O-]. The van der Waals surface area contributed by atoms with E-state index in [4.69, 9.17) is 5.11 Å². The first-order valence-electron chi connectivity index (χ1n) is 7.59. The first-order valence-corrected chi connectivity index (χ1v) is 7.59. The van der Waals surface area contributed by atoms with E-state index >= 15 is 0 Å². The molecule has 5 nitrogen and oxygen atoms in total. The molecule has 0 radical (unpaired) electrons. The Morgan fingerprint density at radius 1 is 1.20 bits per heavy atom. The van der Waals surface area contributed by atoms with Crippen LogP contribution in [0, 0.1) is 10.1 Å². The molecular formula is C15H27NO4. The quantitative estimate of drug-likeness (QED) is 0.238. The van der Waals surface area contributed by atoms with Gasteiger partial charge in [-0.05, 0) is 31.8 Å². The fraction of sp³-hybridized carbons (Fsp3) is 0.800. The van der Waals surface area contributed by atoms with Crippen molar-refractivity contribution in [1.29, 1.82) is 0 Å². The second-order valence-corrected chi connectivity index (χ2v) is 5.12. The van der Waals surface area contributed by atoms with E-state index in [0.29, 0.717) is 6.42 Å². The minimum Gasteiger partial charge on any atom is -0.481 e. The van der Waals surface area contributed by atoms with Crippen LogP contribution in [0.4, 0.5) is 0 Å². The van der Waals surface area contributed by atoms with Gasteiger partial charge in [0.2, 0.25) is 6.04 Å². The normalized spacial score (nSPS) is 12.7. The maximum absolute atomic E-state index is 10.8. The van der Waals surface area contributed by atoms with E-state index in [2.05, 4.69) is 0 Å². The van der Waals surface area contributed by atoms with Crippen molar-refractivity contribution in [3.63, 3.8) is 0 Å². The smallest absolute Gasteiger partial charge is 0.303 e. The third-order valence-corrected chi connectivity index (χ3v) is 3.24. The lowest BCUT2D eigenvalue weighted by atomic mass is 10.1. The van der Waals surface area contributed by atoms with Gasteiger partial charge in [-0.15, -0.1) is 0 Å². The highest BCUT2D eigenvalue weighted by Crippen LogP contribution is 2.09. The van der Waals surface area contributed by atoms with Crippen molar-refractivity contribution in [2.75, 3.05) is 0 Å². The third-order valence-electron chi connectivity index (χ3n) is 3.24. The largest absolute Gasteiger partial charge is 0.481 e. The highest BCUT2D eigenvalue weighted by molar-refractivity contribution is 5.66. The van der Waals surface area contributed by atoms with Crippen molar-refractivity contribution >= 4 is 5.97 Å². The lowest BCUT2D eigenvalue weighted by molar-refractivity contribution is -0.510. The standard InChI is InChI=1S/C15H27NO4/c1-2-3-11-14(16(19)20)12-9-7-5-4-6-8-10-13-15(17)18/h9,12,14H,2-8,10-11,13H2,1H3,(H,17,18). The summed E-state index contributed by atoms with van der Waals surface area (Å²) in [5.74, 6) is -0.731. The Hall–Kier alpha value is -1.39. The van der Waals surface area contributed by atoms with Gasteiger partial charge in [0.05, 0.1) is 0 Å². The molecular weight excluding hydrogens is 258 g/mol. The molecule has 1 unspecified atom stereocenters. The molecule has 0 saturated carbocycles. The van der Waals surface area contributed by atoms with Gasteiger partial charge in [-0.25, -0.2) is 0 Å². The van der Waals surface area contributed by atoms with Gasteiger partial charge in [-0.3, -0.25) is 14.9 Å². The summed E-state index contributed by atoms with van der Waals surface area (Å²) in [6, 6.07) is -0.537. The van der Waals surface area contributed by atoms with Crippen LogP contribution in [-0.2, 0) is 4.79 Å². The Bertz CT molecular complexity index is 302. The Morgan fingerprint density at radius 2 is 1.85 bits per heavy atom. The van der Waals surface area contributed by atoms with Crippen molar-refractivity contribution < 1.29 is 14.8 Å². The molecule has 0 aromatic carbocycles. The molecule has 0 saturated heterocycles. The van der Waals surface area contributed by atoms with E-state index in [1.54, 1.807) is 6.08 Å². The van der Waals surface area contributed by atoms with Crippen LogP contribution in [0.3, 0.4) is 0 Å². The minimum atomic E-state index is -0.731. The number of nitro groups is 1. The molecule has 1 atom stereocenters. The molecule has 0 heterocycles. The maximum atomic E-state index is 10.8. The molecule has 20 heavy (non-hydrogen) atoms. The van der Waals surface area contributed by atoms with E-state index in [0.717, 1.165) is 51.4 Å². The molecule has 0 aliphatic carbocycles. The third kappa shape index (κ3) is 11.7. The van der Waals surface area contributed by atoms with Crippen molar-refractivity contribution in [3.8, 4) is 0 Å². The van der Waals surface area contributed by atoms with Crippen LogP contribution in [0.2, 0.25) is 0 Å². The zero-order valence-electron chi connectivity index (χ0n) is 12.4. The Kier molecular flexibility index (Phi) is 11.8. The summed E-state index contributed by atoms with van der Waals surface area (Å²) in [4.78, 5) is 20.9. The number of allylic oxidation sites excluding steroid dienone is 1. The van der Waals surface area contributed by atoms with Gasteiger partial charge in [-0.1, -0.05) is 38.7 Å². The summed E-state index contributed by atoms with van der Waals surface area (Å²) >= 11 is 0. The molecule has 116 valence electrons. The van der Waals surface area contributed by atoms with Gasteiger partial charge in [0.25, 0.3) is 0 Å². The fourth-order valence-electron chi connectivity index (χ4n) is 2.01. The zero-order valence-corrected chi connectivity index (χ0v) is 12.4. The molecule has 0 fully saturated rings. The number of aliphatic carboxylic acids is 1. The van der Waals surface area contributed by atoms with Gasteiger partial charge < -0.3 is 5.11 Å². The summed E-state index contributed by atoms with van der Waals surface area (Å²) in [7, 11) is 0. The van der Waals surface area contributed by atoms with E-state index in [1.165, 1.54) is 0 Å². The first-order chi connectivity index (χ1) is 9.57. The molecule has 0 spiro atoms. The van der Waals surface area contributed by atoms with Gasteiger partial charge in [0.15, 0.2) is 0 Å². The predicted octanol–water partition coefficient (Wildman–Crippen LogP) is 4.19. The predicted molar refractivity (Wildman–Crippen MR) is 79.4 cm³/mol. The second kappa shape index (κ2) is 12.6. The van der Waals surface area contributed by atoms with Crippen LogP contribution < -0.4 is 0 Å². The van der Waals surface area contributed by atoms with Gasteiger partial charge in [0, 0.05) is 17.8 Å². The van der Waals surface area contributed by atoms with Crippen LogP contribution in [0.1, 0.15) is 71.1 Å². The Labute approximate surface area is 121 Å². The number of hydrogen-bond donors (Lipinski definition) is 1. The lowest BCUT2D eigenvalue weighted by Gasteiger charge is -2.03. The molecule has 0 aromatic rings. The topological polar surface area (TPSA) is 80.4 Å². The van der Waals surface area contributed by atoms with Crippen molar-refractivity contribution in [2.24, 2.45) is 0 Å². The monoisotopic (exact) mass is 285 g/mol. The summed E-state index contributed by atoms with van der Waals surface area (Å²) in [5, 5.41) is 19.3. The van der Waals surface area contributed by atoms with Crippen molar-refractivity contribution in [1.82, 2.24) is 0 Å². The van der Waals surface area contributed by atoms with E-state index in [1.807, 2.05) is 13.0 Å². The number of unbranched alkanes of at least 4 members (excludes halogenated alkanes) is 6. The van der Waals surface area contributed by atoms with E-state index in [9.17, 15) is 14.9 Å². The maximum Gasteiger partial charge on any atom is 0.303 e. The van der Waals surface area contributed by atoms with Crippen LogP contribution in [0.25, 0.3) is 0 Å². The van der Waals surface area contributed by atoms with Crippen LogP contribution in [-0.4, -0.2) is 22.0 Å². The number of carboxylic acid groups (broad SMARTS) is 1. The second-order valence-electron chi connectivity index (χ2n) is 5.12. The number of carbonyl (C=O) groups is 1. The van der Waals surface area contributed by atoms with E-state index < -0.39 is 12.0 Å². The van der Waals surface area contributed by atoms with Crippen LogP contribution >= 0.6 is 0 Å². The van der Waals surface area contributed by atoms with Gasteiger partial charge >= 0.3 is 5.97 Å². The average molecular weight is 285 g/mol. The molecule has 0 amide bonds. The Morgan fingerprint density at radius 3 is 2.45 bits per heavy atom.